The summed E-state index contributed by atoms with van der Waals surface area (Å²) in [5, 5.41) is 9.52. The molecule has 5 nitrogen and oxygen atoms in total. The molecule has 5 heteroatoms. The van der Waals surface area contributed by atoms with Gasteiger partial charge in [-0.3, -0.25) is 4.79 Å². The van der Waals surface area contributed by atoms with Crippen LogP contribution in [-0.4, -0.2) is 23.3 Å². The highest BCUT2D eigenvalue weighted by Crippen LogP contribution is 2.18. The number of nitrogens with zero attached hydrogens (tertiary/aromatic N) is 1. The van der Waals surface area contributed by atoms with Crippen LogP contribution in [0.15, 0.2) is 54.7 Å². The smallest absolute Gasteiger partial charge is 0.338 e. The Hall–Kier alpha value is -3.39. The predicted molar refractivity (Wildman–Crippen MR) is 84.1 cm³/mol. The van der Waals surface area contributed by atoms with Gasteiger partial charge in [0.2, 0.25) is 5.78 Å². The van der Waals surface area contributed by atoms with Gasteiger partial charge in [-0.05, 0) is 30.3 Å². The van der Waals surface area contributed by atoms with E-state index in [0.29, 0.717) is 16.7 Å². The quantitative estimate of drug-likeness (QED) is 0.593. The van der Waals surface area contributed by atoms with E-state index in [-0.39, 0.29) is 12.4 Å². The number of hydrogen-bond acceptors (Lipinski definition) is 4. The molecule has 2 aromatic carbocycles. The van der Waals surface area contributed by atoms with Crippen molar-refractivity contribution in [3.63, 3.8) is 0 Å². The van der Waals surface area contributed by atoms with Gasteiger partial charge in [0.15, 0.2) is 6.61 Å². The zero-order valence-corrected chi connectivity index (χ0v) is 12.1. The fourth-order valence-electron chi connectivity index (χ4n) is 2.28. The number of rotatable bonds is 4. The molecule has 0 fully saturated rings. The average molecular weight is 304 g/mol. The Morgan fingerprint density at radius 2 is 1.83 bits per heavy atom. The fraction of sp³-hybridized carbons (Fsp3) is 0.0556. The number of H-pyrrole nitrogens is 1. The van der Waals surface area contributed by atoms with Crippen molar-refractivity contribution in [1.82, 2.24) is 4.98 Å². The highest BCUT2D eigenvalue weighted by atomic mass is 16.5. The molecule has 0 amide bonds. The summed E-state index contributed by atoms with van der Waals surface area (Å²) in [6, 6.07) is 15.4. The zero-order chi connectivity index (χ0) is 16.2. The molecular formula is C18H12N2O3. The summed E-state index contributed by atoms with van der Waals surface area (Å²) < 4.78 is 5.05. The number of aromatic amines is 1. The Morgan fingerprint density at radius 1 is 1.09 bits per heavy atom. The van der Waals surface area contributed by atoms with E-state index in [9.17, 15) is 9.59 Å². The molecular weight excluding hydrogens is 292 g/mol. The van der Waals surface area contributed by atoms with Gasteiger partial charge in [0, 0.05) is 22.7 Å². The second-order valence-electron chi connectivity index (χ2n) is 4.94. The topological polar surface area (TPSA) is 82.9 Å². The Labute approximate surface area is 132 Å². The van der Waals surface area contributed by atoms with Crippen molar-refractivity contribution in [2.75, 3.05) is 6.61 Å². The van der Waals surface area contributed by atoms with E-state index >= 15 is 0 Å². The largest absolute Gasteiger partial charge is 0.454 e. The third kappa shape index (κ3) is 2.97. The third-order valence-corrected chi connectivity index (χ3v) is 3.47. The van der Waals surface area contributed by atoms with Gasteiger partial charge in [0.1, 0.15) is 0 Å². The Bertz CT molecular complexity index is 917. The van der Waals surface area contributed by atoms with Crippen LogP contribution >= 0.6 is 0 Å². The minimum Gasteiger partial charge on any atom is -0.454 e. The first-order chi connectivity index (χ1) is 11.2. The SMILES string of the molecule is N#Cc1ccc(C(=O)OCC(=O)c2c[nH]c3ccccc23)cc1. The summed E-state index contributed by atoms with van der Waals surface area (Å²) in [5.74, 6) is -0.868. The summed E-state index contributed by atoms with van der Waals surface area (Å²) in [6.07, 6.45) is 1.61. The molecule has 0 atom stereocenters. The molecule has 0 saturated heterocycles. The maximum absolute atomic E-state index is 12.2. The summed E-state index contributed by atoms with van der Waals surface area (Å²) >= 11 is 0. The van der Waals surface area contributed by atoms with E-state index in [1.54, 1.807) is 6.20 Å². The molecule has 0 saturated carbocycles. The van der Waals surface area contributed by atoms with Crippen molar-refractivity contribution in [3.05, 3.63) is 71.4 Å². The molecule has 0 spiro atoms. The van der Waals surface area contributed by atoms with Gasteiger partial charge >= 0.3 is 5.97 Å². The van der Waals surface area contributed by atoms with Crippen molar-refractivity contribution in [2.24, 2.45) is 0 Å². The number of benzene rings is 2. The van der Waals surface area contributed by atoms with Crippen LogP contribution < -0.4 is 0 Å². The highest BCUT2D eigenvalue weighted by Gasteiger charge is 2.15. The summed E-state index contributed by atoms with van der Waals surface area (Å²) in [4.78, 5) is 27.1. The number of carbonyl (C=O) groups excluding carboxylic acids is 2. The highest BCUT2D eigenvalue weighted by molar-refractivity contribution is 6.09. The lowest BCUT2D eigenvalue weighted by Gasteiger charge is -2.04. The maximum Gasteiger partial charge on any atom is 0.338 e. The minimum absolute atomic E-state index is 0.274. The molecule has 0 unspecified atom stereocenters. The van der Waals surface area contributed by atoms with E-state index in [4.69, 9.17) is 10.00 Å². The normalized spacial score (nSPS) is 10.2. The van der Waals surface area contributed by atoms with Gasteiger partial charge in [-0.1, -0.05) is 18.2 Å². The average Bonchev–Trinajstić information content (AvgIpc) is 3.03. The van der Waals surface area contributed by atoms with E-state index < -0.39 is 5.97 Å². The molecule has 0 aliphatic rings. The first-order valence-corrected chi connectivity index (χ1v) is 6.95. The van der Waals surface area contributed by atoms with Crippen LogP contribution in [0.2, 0.25) is 0 Å². The van der Waals surface area contributed by atoms with Crippen molar-refractivity contribution >= 4 is 22.7 Å². The first-order valence-electron chi connectivity index (χ1n) is 6.95. The number of fused-ring (bicyclic) bond motifs is 1. The lowest BCUT2D eigenvalue weighted by molar-refractivity contribution is 0.0475. The summed E-state index contributed by atoms with van der Waals surface area (Å²) in [7, 11) is 0. The van der Waals surface area contributed by atoms with Crippen LogP contribution in [0.3, 0.4) is 0 Å². The van der Waals surface area contributed by atoms with E-state index in [0.717, 1.165) is 10.9 Å². The molecule has 0 aliphatic heterocycles. The maximum atomic E-state index is 12.2. The second kappa shape index (κ2) is 6.16. The summed E-state index contributed by atoms with van der Waals surface area (Å²) in [5.41, 5.74) is 2.11. The van der Waals surface area contributed by atoms with E-state index in [1.807, 2.05) is 30.3 Å². The van der Waals surface area contributed by atoms with Crippen molar-refractivity contribution in [2.45, 2.75) is 0 Å². The van der Waals surface area contributed by atoms with Crippen LogP contribution in [0, 0.1) is 11.3 Å². The number of hydrogen-bond donors (Lipinski definition) is 1. The number of ketones is 1. The number of carbonyl (C=O) groups is 2. The van der Waals surface area contributed by atoms with Gasteiger partial charge in [0.25, 0.3) is 0 Å². The van der Waals surface area contributed by atoms with Crippen LogP contribution in [0.4, 0.5) is 0 Å². The Morgan fingerprint density at radius 3 is 2.57 bits per heavy atom. The predicted octanol–water partition coefficient (Wildman–Crippen LogP) is 3.08. The van der Waals surface area contributed by atoms with Crippen molar-refractivity contribution in [1.29, 1.82) is 5.26 Å². The molecule has 112 valence electrons. The Balaban J connectivity index is 1.69. The number of Topliss-reactive ketones (excluding diaryl/α,β-unsaturated/α-hetero) is 1. The number of aromatic nitrogens is 1. The first kappa shape index (κ1) is 14.5. The van der Waals surface area contributed by atoms with E-state index in [1.165, 1.54) is 24.3 Å². The zero-order valence-electron chi connectivity index (χ0n) is 12.1. The summed E-state index contributed by atoms with van der Waals surface area (Å²) in [6.45, 7) is -0.333. The molecule has 1 N–H and O–H groups in total. The Kier molecular flexibility index (Phi) is 3.89. The number of ether oxygens (including phenoxy) is 1. The molecule has 3 aromatic rings. The van der Waals surface area contributed by atoms with Crippen LogP contribution in [0.5, 0.6) is 0 Å². The lowest BCUT2D eigenvalue weighted by Crippen LogP contribution is -2.14. The third-order valence-electron chi connectivity index (χ3n) is 3.47. The van der Waals surface area contributed by atoms with Gasteiger partial charge in [-0.25, -0.2) is 4.79 Å². The minimum atomic E-state index is -0.595. The number of nitriles is 1. The van der Waals surface area contributed by atoms with E-state index in [2.05, 4.69) is 4.98 Å². The van der Waals surface area contributed by atoms with Crippen LogP contribution in [0.1, 0.15) is 26.3 Å². The molecule has 0 bridgehead atoms. The molecule has 1 aromatic heterocycles. The van der Waals surface area contributed by atoms with Gasteiger partial charge in [-0.15, -0.1) is 0 Å². The standard InChI is InChI=1S/C18H12N2O3/c19-9-12-5-7-13(8-6-12)18(22)23-11-17(21)15-10-20-16-4-2-1-3-14(15)16/h1-8,10,20H,11H2. The monoisotopic (exact) mass is 304 g/mol. The van der Waals surface area contributed by atoms with Gasteiger partial charge < -0.3 is 9.72 Å². The number of para-hydroxylation sites is 1. The fourth-order valence-corrected chi connectivity index (χ4v) is 2.28. The van der Waals surface area contributed by atoms with Crippen LogP contribution in [0.25, 0.3) is 10.9 Å². The molecule has 23 heavy (non-hydrogen) atoms. The molecule has 0 radical (unpaired) electrons. The van der Waals surface area contributed by atoms with Crippen molar-refractivity contribution < 1.29 is 14.3 Å². The second-order valence-corrected chi connectivity index (χ2v) is 4.94. The van der Waals surface area contributed by atoms with Gasteiger partial charge in [0.05, 0.1) is 17.2 Å². The molecule has 3 rings (SSSR count). The van der Waals surface area contributed by atoms with Crippen LogP contribution in [-0.2, 0) is 4.74 Å². The number of nitrogens with one attached hydrogen (secondary N) is 1. The van der Waals surface area contributed by atoms with Gasteiger partial charge in [-0.2, -0.15) is 5.26 Å². The number of esters is 1. The van der Waals surface area contributed by atoms with Crippen molar-refractivity contribution in [3.8, 4) is 6.07 Å². The molecule has 0 aliphatic carbocycles. The molecule has 1 heterocycles. The lowest BCUT2D eigenvalue weighted by atomic mass is 10.1.